The minimum Gasteiger partial charge on any atom is -0.321 e. The molecule has 0 spiro atoms. The number of hydrogen-bond acceptors (Lipinski definition) is 3. The van der Waals surface area contributed by atoms with Crippen molar-refractivity contribution in [2.75, 3.05) is 5.32 Å². The molecule has 150 valence electrons. The molecule has 3 aromatic rings. The SMILES string of the molecule is N#Cc1ccc(C(=O)Nc2ccccc2C(=O)Cc2cccc(C(F)(F)F)c2)cc1. The lowest BCUT2D eigenvalue weighted by Crippen LogP contribution is -2.15. The van der Waals surface area contributed by atoms with Gasteiger partial charge in [0.25, 0.3) is 5.91 Å². The number of alkyl halides is 3. The predicted molar refractivity (Wildman–Crippen MR) is 105 cm³/mol. The minimum absolute atomic E-state index is 0.192. The molecule has 0 radical (unpaired) electrons. The highest BCUT2D eigenvalue weighted by Gasteiger charge is 2.30. The normalized spacial score (nSPS) is 10.9. The molecule has 0 fully saturated rings. The molecule has 0 saturated carbocycles. The lowest BCUT2D eigenvalue weighted by molar-refractivity contribution is -0.137. The molecular weight excluding hydrogens is 393 g/mol. The average Bonchev–Trinajstić information content (AvgIpc) is 2.73. The largest absolute Gasteiger partial charge is 0.416 e. The van der Waals surface area contributed by atoms with E-state index in [2.05, 4.69) is 5.32 Å². The maximum atomic E-state index is 12.9. The van der Waals surface area contributed by atoms with Crippen molar-refractivity contribution in [3.8, 4) is 6.07 Å². The van der Waals surface area contributed by atoms with Crippen LogP contribution in [0.3, 0.4) is 0 Å². The van der Waals surface area contributed by atoms with Gasteiger partial charge < -0.3 is 5.32 Å². The summed E-state index contributed by atoms with van der Waals surface area (Å²) in [5, 5.41) is 11.5. The van der Waals surface area contributed by atoms with Crippen LogP contribution in [-0.2, 0) is 12.6 Å². The van der Waals surface area contributed by atoms with Gasteiger partial charge in [-0.3, -0.25) is 9.59 Å². The molecule has 30 heavy (non-hydrogen) atoms. The van der Waals surface area contributed by atoms with Gasteiger partial charge in [0.05, 0.1) is 22.9 Å². The number of amides is 1. The van der Waals surface area contributed by atoms with Gasteiger partial charge in [-0.05, 0) is 48.0 Å². The van der Waals surface area contributed by atoms with Crippen molar-refractivity contribution in [3.63, 3.8) is 0 Å². The highest BCUT2D eigenvalue weighted by Crippen LogP contribution is 2.30. The van der Waals surface area contributed by atoms with Crippen LogP contribution in [0.2, 0.25) is 0 Å². The molecule has 0 atom stereocenters. The van der Waals surface area contributed by atoms with Gasteiger partial charge in [0, 0.05) is 17.5 Å². The summed E-state index contributed by atoms with van der Waals surface area (Å²) in [6.45, 7) is 0. The van der Waals surface area contributed by atoms with Crippen molar-refractivity contribution >= 4 is 17.4 Å². The number of benzene rings is 3. The van der Waals surface area contributed by atoms with Crippen molar-refractivity contribution in [2.24, 2.45) is 0 Å². The highest BCUT2D eigenvalue weighted by atomic mass is 19.4. The van der Waals surface area contributed by atoms with Gasteiger partial charge in [0.2, 0.25) is 0 Å². The summed E-state index contributed by atoms with van der Waals surface area (Å²) in [6, 6.07) is 18.8. The maximum Gasteiger partial charge on any atom is 0.416 e. The van der Waals surface area contributed by atoms with Gasteiger partial charge in [0.15, 0.2) is 5.78 Å². The van der Waals surface area contributed by atoms with E-state index in [1.165, 1.54) is 42.5 Å². The van der Waals surface area contributed by atoms with E-state index in [1.807, 2.05) is 6.07 Å². The highest BCUT2D eigenvalue weighted by molar-refractivity contribution is 6.09. The molecule has 0 saturated heterocycles. The van der Waals surface area contributed by atoms with E-state index in [0.717, 1.165) is 12.1 Å². The average molecular weight is 408 g/mol. The van der Waals surface area contributed by atoms with Crippen LogP contribution in [0, 0.1) is 11.3 Å². The fourth-order valence-electron chi connectivity index (χ4n) is 2.86. The van der Waals surface area contributed by atoms with Crippen LogP contribution in [0.25, 0.3) is 0 Å². The lowest BCUT2D eigenvalue weighted by Gasteiger charge is -2.12. The number of para-hydroxylation sites is 1. The van der Waals surface area contributed by atoms with Crippen LogP contribution in [-0.4, -0.2) is 11.7 Å². The summed E-state index contributed by atoms with van der Waals surface area (Å²) in [5.74, 6) is -0.899. The summed E-state index contributed by atoms with van der Waals surface area (Å²) >= 11 is 0. The van der Waals surface area contributed by atoms with E-state index in [-0.39, 0.29) is 23.2 Å². The van der Waals surface area contributed by atoms with Gasteiger partial charge in [-0.2, -0.15) is 18.4 Å². The van der Waals surface area contributed by atoms with E-state index in [1.54, 1.807) is 18.2 Å². The number of nitrogens with zero attached hydrogens (tertiary/aromatic N) is 1. The lowest BCUT2D eigenvalue weighted by atomic mass is 10.00. The molecule has 0 unspecified atom stereocenters. The quantitative estimate of drug-likeness (QED) is 0.586. The number of anilines is 1. The Balaban J connectivity index is 1.80. The van der Waals surface area contributed by atoms with Crippen LogP contribution >= 0.6 is 0 Å². The standard InChI is InChI=1S/C23H15F3N2O2/c24-23(25,26)18-5-3-4-16(12-18)13-21(29)19-6-1-2-7-20(19)28-22(30)17-10-8-15(14-27)9-11-17/h1-12H,13H2,(H,28,30). The zero-order valence-electron chi connectivity index (χ0n) is 15.5. The Kier molecular flexibility index (Phi) is 5.98. The van der Waals surface area contributed by atoms with Gasteiger partial charge in [-0.15, -0.1) is 0 Å². The van der Waals surface area contributed by atoms with Crippen molar-refractivity contribution in [3.05, 3.63) is 101 Å². The Hall–Kier alpha value is -3.92. The molecule has 0 aliphatic carbocycles. The molecule has 3 aromatic carbocycles. The second-order valence-corrected chi connectivity index (χ2v) is 6.49. The molecule has 4 nitrogen and oxygen atoms in total. The Morgan fingerprint density at radius 1 is 0.933 bits per heavy atom. The first-order chi connectivity index (χ1) is 14.3. The molecule has 0 bridgehead atoms. The summed E-state index contributed by atoms with van der Waals surface area (Å²) in [7, 11) is 0. The molecule has 1 amide bonds. The zero-order chi connectivity index (χ0) is 21.7. The Morgan fingerprint density at radius 3 is 2.30 bits per heavy atom. The van der Waals surface area contributed by atoms with Crippen molar-refractivity contribution in [1.29, 1.82) is 5.26 Å². The smallest absolute Gasteiger partial charge is 0.321 e. The van der Waals surface area contributed by atoms with E-state index in [4.69, 9.17) is 5.26 Å². The summed E-state index contributed by atoms with van der Waals surface area (Å²) in [4.78, 5) is 25.2. The molecule has 0 aliphatic heterocycles. The van der Waals surface area contributed by atoms with Crippen LogP contribution in [0.4, 0.5) is 18.9 Å². The summed E-state index contributed by atoms with van der Waals surface area (Å²) < 4.78 is 38.7. The van der Waals surface area contributed by atoms with Crippen molar-refractivity contribution in [1.82, 2.24) is 0 Å². The molecule has 1 N–H and O–H groups in total. The van der Waals surface area contributed by atoms with E-state index < -0.39 is 23.4 Å². The van der Waals surface area contributed by atoms with Crippen LogP contribution in [0.5, 0.6) is 0 Å². The number of nitrogens with one attached hydrogen (secondary N) is 1. The number of nitriles is 1. The molecule has 0 heterocycles. The van der Waals surface area contributed by atoms with E-state index >= 15 is 0 Å². The first-order valence-electron chi connectivity index (χ1n) is 8.88. The number of rotatable bonds is 5. The molecule has 7 heteroatoms. The molecule has 3 rings (SSSR count). The maximum absolute atomic E-state index is 12.9. The summed E-state index contributed by atoms with van der Waals surface area (Å²) in [6.07, 6.45) is -4.74. The second-order valence-electron chi connectivity index (χ2n) is 6.49. The Bertz CT molecular complexity index is 1130. The Morgan fingerprint density at radius 2 is 1.63 bits per heavy atom. The van der Waals surface area contributed by atoms with Crippen molar-refractivity contribution in [2.45, 2.75) is 12.6 Å². The predicted octanol–water partition coefficient (Wildman–Crippen LogP) is 5.25. The number of carbonyl (C=O) groups is 2. The topological polar surface area (TPSA) is 70.0 Å². The number of ketones is 1. The van der Waals surface area contributed by atoms with Gasteiger partial charge in [-0.1, -0.05) is 30.3 Å². The monoisotopic (exact) mass is 408 g/mol. The summed E-state index contributed by atoms with van der Waals surface area (Å²) in [5.41, 5.74) is 0.552. The van der Waals surface area contributed by atoms with Gasteiger partial charge in [0.1, 0.15) is 0 Å². The first-order valence-corrected chi connectivity index (χ1v) is 8.88. The first kappa shape index (κ1) is 20.8. The second kappa shape index (κ2) is 8.62. The van der Waals surface area contributed by atoms with Crippen LogP contribution in [0.1, 0.15) is 37.4 Å². The third kappa shape index (κ3) is 4.92. The fraction of sp³-hybridized carbons (Fsp3) is 0.0870. The molecule has 0 aromatic heterocycles. The minimum atomic E-state index is -4.49. The third-order valence-corrected chi connectivity index (χ3v) is 4.37. The van der Waals surface area contributed by atoms with Crippen LogP contribution < -0.4 is 5.32 Å². The number of carbonyl (C=O) groups excluding carboxylic acids is 2. The number of hydrogen-bond donors (Lipinski definition) is 1. The Labute approximate surface area is 170 Å². The molecular formula is C23H15F3N2O2. The number of halogens is 3. The van der Waals surface area contributed by atoms with Crippen LogP contribution in [0.15, 0.2) is 72.8 Å². The van der Waals surface area contributed by atoms with E-state index in [0.29, 0.717) is 11.1 Å². The molecule has 0 aliphatic rings. The zero-order valence-corrected chi connectivity index (χ0v) is 15.5. The van der Waals surface area contributed by atoms with E-state index in [9.17, 15) is 22.8 Å². The van der Waals surface area contributed by atoms with Gasteiger partial charge >= 0.3 is 6.18 Å². The third-order valence-electron chi connectivity index (χ3n) is 4.37. The number of Topliss-reactive ketones (excluding diaryl/α,β-unsaturated/α-hetero) is 1. The van der Waals surface area contributed by atoms with Crippen molar-refractivity contribution < 1.29 is 22.8 Å². The van der Waals surface area contributed by atoms with Gasteiger partial charge in [-0.25, -0.2) is 0 Å². The fourth-order valence-corrected chi connectivity index (χ4v) is 2.86.